The van der Waals surface area contributed by atoms with Gasteiger partial charge in [-0.2, -0.15) is 0 Å². The Morgan fingerprint density at radius 3 is 2.55 bits per heavy atom. The summed E-state index contributed by atoms with van der Waals surface area (Å²) in [4.78, 5) is 32.0. The molecule has 1 fully saturated rings. The third-order valence-corrected chi connectivity index (χ3v) is 7.83. The number of hydrogen-bond acceptors (Lipinski definition) is 6. The lowest BCUT2D eigenvalue weighted by Gasteiger charge is -2.28. The molecule has 4 aromatic rings. The molecule has 2 atom stereocenters. The number of ether oxygens (including phenoxy) is 2. The Labute approximate surface area is 250 Å². The van der Waals surface area contributed by atoms with E-state index in [1.165, 1.54) is 7.11 Å². The molecule has 0 radical (unpaired) electrons. The van der Waals surface area contributed by atoms with E-state index < -0.39 is 5.97 Å². The van der Waals surface area contributed by atoms with Crippen LogP contribution >= 0.6 is 12.2 Å². The van der Waals surface area contributed by atoms with Gasteiger partial charge in [-0.15, -0.1) is 0 Å². The second-order valence-electron chi connectivity index (χ2n) is 10.0. The maximum Gasteiger partial charge on any atom is 0.337 e. The molecular formula is C32H33N5O4S. The molecule has 9 nitrogen and oxygen atoms in total. The van der Waals surface area contributed by atoms with Gasteiger partial charge >= 0.3 is 5.97 Å². The standard InChI is InChI=1S/C32H33N5O4S/c1-20-18-24(21(2)37(20)23-11-9-10-22(19-23)31(39)41-4)30-29(26-13-7-8-16-33-26)35-32(42)36(30)17-15-28(38)34-25-12-5-6-14-27(25)40-3/h5-14,16,18-19,29-30H,15,17H2,1-4H3,(H,34,38)(H,35,42)/t29-,30+/m0/s1. The predicted molar refractivity (Wildman–Crippen MR) is 165 cm³/mol. The third-order valence-electron chi connectivity index (χ3n) is 7.47. The smallest absolute Gasteiger partial charge is 0.337 e. The van der Waals surface area contributed by atoms with Crippen LogP contribution in [0.3, 0.4) is 0 Å². The highest BCUT2D eigenvalue weighted by Gasteiger charge is 2.41. The van der Waals surface area contributed by atoms with Crippen molar-refractivity contribution in [2.45, 2.75) is 32.4 Å². The highest BCUT2D eigenvalue weighted by molar-refractivity contribution is 7.80. The minimum absolute atomic E-state index is 0.146. The molecule has 5 rings (SSSR count). The molecule has 0 bridgehead atoms. The van der Waals surface area contributed by atoms with Crippen LogP contribution in [0.4, 0.5) is 5.69 Å². The third kappa shape index (κ3) is 5.71. The molecule has 42 heavy (non-hydrogen) atoms. The molecule has 0 aliphatic carbocycles. The molecule has 1 aliphatic rings. The summed E-state index contributed by atoms with van der Waals surface area (Å²) >= 11 is 5.83. The Bertz CT molecular complexity index is 1620. The fourth-order valence-electron chi connectivity index (χ4n) is 5.54. The zero-order valence-corrected chi connectivity index (χ0v) is 24.8. The number of rotatable bonds is 9. The van der Waals surface area contributed by atoms with Gasteiger partial charge in [0.15, 0.2) is 5.11 Å². The molecule has 1 aliphatic heterocycles. The number of benzene rings is 2. The molecule has 1 amide bonds. The highest BCUT2D eigenvalue weighted by Crippen LogP contribution is 2.41. The van der Waals surface area contributed by atoms with Gasteiger partial charge < -0.3 is 29.6 Å². The van der Waals surface area contributed by atoms with E-state index >= 15 is 0 Å². The molecule has 0 spiro atoms. The minimum Gasteiger partial charge on any atom is -0.495 e. The van der Waals surface area contributed by atoms with Crippen molar-refractivity contribution in [1.29, 1.82) is 0 Å². The van der Waals surface area contributed by atoms with Gasteiger partial charge in [-0.25, -0.2) is 4.79 Å². The van der Waals surface area contributed by atoms with Crippen LogP contribution in [-0.4, -0.2) is 52.2 Å². The topological polar surface area (TPSA) is 97.7 Å². The van der Waals surface area contributed by atoms with Crippen LogP contribution in [-0.2, 0) is 9.53 Å². The number of methoxy groups -OCH3 is 2. The number of para-hydroxylation sites is 2. The molecule has 216 valence electrons. The molecule has 1 saturated heterocycles. The maximum atomic E-state index is 13.0. The summed E-state index contributed by atoms with van der Waals surface area (Å²) in [5.41, 5.74) is 5.83. The molecule has 3 heterocycles. The Hall–Kier alpha value is -4.70. The van der Waals surface area contributed by atoms with Gasteiger partial charge in [0, 0.05) is 36.2 Å². The van der Waals surface area contributed by atoms with E-state index in [1.807, 2.05) is 61.5 Å². The van der Waals surface area contributed by atoms with Gasteiger partial charge in [0.05, 0.1) is 43.2 Å². The summed E-state index contributed by atoms with van der Waals surface area (Å²) in [6.45, 7) is 4.47. The Kier molecular flexibility index (Phi) is 8.53. The van der Waals surface area contributed by atoms with Gasteiger partial charge in [0.1, 0.15) is 5.75 Å². The van der Waals surface area contributed by atoms with Crippen molar-refractivity contribution in [2.75, 3.05) is 26.1 Å². The van der Waals surface area contributed by atoms with Crippen molar-refractivity contribution in [2.24, 2.45) is 0 Å². The average molecular weight is 584 g/mol. The van der Waals surface area contributed by atoms with Gasteiger partial charge in [-0.3, -0.25) is 9.78 Å². The van der Waals surface area contributed by atoms with Crippen molar-refractivity contribution in [1.82, 2.24) is 19.8 Å². The first-order chi connectivity index (χ1) is 20.3. The lowest BCUT2D eigenvalue weighted by Crippen LogP contribution is -2.33. The lowest BCUT2D eigenvalue weighted by atomic mass is 9.96. The Morgan fingerprint density at radius 2 is 1.81 bits per heavy atom. The van der Waals surface area contributed by atoms with Gasteiger partial charge in [0.25, 0.3) is 0 Å². The molecule has 0 unspecified atom stereocenters. The number of pyridine rings is 1. The number of nitrogens with one attached hydrogen (secondary N) is 2. The molecular weight excluding hydrogens is 550 g/mol. The number of carbonyl (C=O) groups excluding carboxylic acids is 2. The number of hydrogen-bond donors (Lipinski definition) is 2. The number of anilines is 1. The highest BCUT2D eigenvalue weighted by atomic mass is 32.1. The quantitative estimate of drug-likeness (QED) is 0.203. The van der Waals surface area contributed by atoms with Gasteiger partial charge in [0.2, 0.25) is 5.91 Å². The summed E-state index contributed by atoms with van der Waals surface area (Å²) in [6, 6.07) is 22.2. The Balaban J connectivity index is 1.48. The predicted octanol–water partition coefficient (Wildman–Crippen LogP) is 5.29. The zero-order valence-electron chi connectivity index (χ0n) is 24.0. The van der Waals surface area contributed by atoms with Crippen LogP contribution < -0.4 is 15.4 Å². The van der Waals surface area contributed by atoms with E-state index in [-0.39, 0.29) is 24.4 Å². The van der Waals surface area contributed by atoms with Crippen LogP contribution in [0, 0.1) is 13.8 Å². The normalized spacial score (nSPS) is 16.2. The minimum atomic E-state index is -0.391. The maximum absolute atomic E-state index is 13.0. The van der Waals surface area contributed by atoms with Gasteiger partial charge in [-0.05, 0) is 80.2 Å². The molecule has 2 N–H and O–H groups in total. The summed E-state index contributed by atoms with van der Waals surface area (Å²) in [5, 5.41) is 6.97. The number of amides is 1. The van der Waals surface area contributed by atoms with Crippen molar-refractivity contribution in [3.05, 3.63) is 107 Å². The van der Waals surface area contributed by atoms with Crippen LogP contribution in [0.1, 0.15) is 51.5 Å². The first-order valence-electron chi connectivity index (χ1n) is 13.6. The van der Waals surface area contributed by atoms with E-state index in [4.69, 9.17) is 21.7 Å². The first-order valence-corrected chi connectivity index (χ1v) is 14.0. The zero-order chi connectivity index (χ0) is 29.8. The largest absolute Gasteiger partial charge is 0.495 e. The SMILES string of the molecule is COC(=O)c1cccc(-n2c(C)cc([C@@H]3[C@H](c4ccccn4)NC(=S)N3CCC(=O)Nc3ccccc3OC)c2C)c1. The second-order valence-corrected chi connectivity index (χ2v) is 10.4. The van der Waals surface area contributed by atoms with E-state index in [0.29, 0.717) is 28.7 Å². The number of carbonyl (C=O) groups is 2. The fraction of sp³-hybridized carbons (Fsp3) is 0.250. The van der Waals surface area contributed by atoms with Gasteiger partial charge in [-0.1, -0.05) is 24.3 Å². The van der Waals surface area contributed by atoms with Crippen molar-refractivity contribution in [3.8, 4) is 11.4 Å². The van der Waals surface area contributed by atoms with E-state index in [9.17, 15) is 9.59 Å². The van der Waals surface area contributed by atoms with Crippen molar-refractivity contribution in [3.63, 3.8) is 0 Å². The molecule has 0 saturated carbocycles. The Morgan fingerprint density at radius 1 is 1.02 bits per heavy atom. The molecule has 2 aromatic heterocycles. The first kappa shape index (κ1) is 28.8. The molecule has 10 heteroatoms. The summed E-state index contributed by atoms with van der Waals surface area (Å²) in [5.74, 6) is 0.0612. The van der Waals surface area contributed by atoms with Crippen LogP contribution in [0.2, 0.25) is 0 Å². The van der Waals surface area contributed by atoms with E-state index in [0.717, 1.165) is 28.3 Å². The monoisotopic (exact) mass is 583 g/mol. The second kappa shape index (κ2) is 12.4. The summed E-state index contributed by atoms with van der Waals surface area (Å²) < 4.78 is 12.4. The summed E-state index contributed by atoms with van der Waals surface area (Å²) in [7, 11) is 2.95. The van der Waals surface area contributed by atoms with E-state index in [1.54, 1.807) is 25.4 Å². The fourth-order valence-corrected chi connectivity index (χ4v) is 5.87. The van der Waals surface area contributed by atoms with Crippen LogP contribution in [0.5, 0.6) is 5.75 Å². The number of nitrogens with zero attached hydrogens (tertiary/aromatic N) is 3. The summed E-state index contributed by atoms with van der Waals surface area (Å²) in [6.07, 6.45) is 1.98. The number of aromatic nitrogens is 2. The number of aryl methyl sites for hydroxylation is 1. The van der Waals surface area contributed by atoms with Crippen molar-refractivity contribution >= 4 is 34.9 Å². The van der Waals surface area contributed by atoms with Crippen molar-refractivity contribution < 1.29 is 19.1 Å². The lowest BCUT2D eigenvalue weighted by molar-refractivity contribution is -0.116. The number of esters is 1. The number of thiocarbonyl (C=S) groups is 1. The molecule has 2 aromatic carbocycles. The average Bonchev–Trinajstić information content (AvgIpc) is 3.50. The van der Waals surface area contributed by atoms with E-state index in [2.05, 4.69) is 38.1 Å². The van der Waals surface area contributed by atoms with Crippen LogP contribution in [0.15, 0.2) is 79.0 Å². The van der Waals surface area contributed by atoms with Crippen LogP contribution in [0.25, 0.3) is 5.69 Å².